The molecule has 3 rings (SSSR count). The van der Waals surface area contributed by atoms with Crippen LogP contribution in [0.2, 0.25) is 5.28 Å². The molecule has 16 heavy (non-hydrogen) atoms. The van der Waals surface area contributed by atoms with Crippen molar-refractivity contribution in [2.75, 3.05) is 5.73 Å². The minimum atomic E-state index is 0.125. The highest BCUT2D eigenvalue weighted by molar-refractivity contribution is 7.21. The zero-order valence-electron chi connectivity index (χ0n) is 7.85. The van der Waals surface area contributed by atoms with Gasteiger partial charge in [-0.1, -0.05) is 11.3 Å². The van der Waals surface area contributed by atoms with Gasteiger partial charge in [0.15, 0.2) is 21.4 Å². The largest absolute Gasteiger partial charge is 0.462 e. The number of halogens is 1. The molecule has 0 atom stereocenters. The quantitative estimate of drug-likeness (QED) is 0.674. The van der Waals surface area contributed by atoms with Crippen LogP contribution in [0.3, 0.4) is 0 Å². The highest BCUT2D eigenvalue weighted by Crippen LogP contribution is 2.31. The van der Waals surface area contributed by atoms with Crippen molar-refractivity contribution in [2.45, 2.75) is 0 Å². The smallest absolute Gasteiger partial charge is 0.225 e. The number of anilines is 1. The van der Waals surface area contributed by atoms with Gasteiger partial charge in [0.05, 0.1) is 6.26 Å². The molecule has 3 aromatic heterocycles. The SMILES string of the molecule is Nc1nc(Cl)nc2sc(-c3ccco3)nc12. The van der Waals surface area contributed by atoms with Crippen LogP contribution in [0.15, 0.2) is 22.8 Å². The molecule has 3 aromatic rings. The van der Waals surface area contributed by atoms with E-state index in [2.05, 4.69) is 15.0 Å². The van der Waals surface area contributed by atoms with E-state index in [0.29, 0.717) is 21.1 Å². The standard InChI is InChI=1S/C9H5ClN4OS/c10-9-13-6(11)5-8(14-9)16-7(12-5)4-2-1-3-15-4/h1-3H,(H2,11,13,14). The zero-order valence-corrected chi connectivity index (χ0v) is 9.42. The maximum atomic E-state index is 5.71. The lowest BCUT2D eigenvalue weighted by atomic mass is 10.4. The van der Waals surface area contributed by atoms with Crippen LogP contribution in [0.25, 0.3) is 21.1 Å². The maximum Gasteiger partial charge on any atom is 0.225 e. The van der Waals surface area contributed by atoms with Gasteiger partial charge in [-0.05, 0) is 23.7 Å². The third-order valence-electron chi connectivity index (χ3n) is 1.99. The topological polar surface area (TPSA) is 77.8 Å². The predicted octanol–water partition coefficient (Wildman–Crippen LogP) is 2.58. The van der Waals surface area contributed by atoms with Gasteiger partial charge < -0.3 is 10.2 Å². The molecule has 0 saturated heterocycles. The molecule has 0 radical (unpaired) electrons. The summed E-state index contributed by atoms with van der Waals surface area (Å²) in [6, 6.07) is 3.62. The number of hydrogen-bond acceptors (Lipinski definition) is 6. The first-order valence-electron chi connectivity index (χ1n) is 4.37. The summed E-state index contributed by atoms with van der Waals surface area (Å²) in [7, 11) is 0. The number of fused-ring (bicyclic) bond motifs is 1. The second-order valence-corrected chi connectivity index (χ2v) is 4.34. The van der Waals surface area contributed by atoms with E-state index < -0.39 is 0 Å². The Bertz CT molecular complexity index is 649. The lowest BCUT2D eigenvalue weighted by molar-refractivity contribution is 0.582. The summed E-state index contributed by atoms with van der Waals surface area (Å²) in [4.78, 5) is 12.9. The Hall–Kier alpha value is -1.66. The molecule has 2 N–H and O–H groups in total. The number of hydrogen-bond donors (Lipinski definition) is 1. The second-order valence-electron chi connectivity index (χ2n) is 3.03. The summed E-state index contributed by atoms with van der Waals surface area (Å²) >= 11 is 7.07. The zero-order chi connectivity index (χ0) is 11.1. The van der Waals surface area contributed by atoms with E-state index >= 15 is 0 Å². The molecule has 5 nitrogen and oxygen atoms in total. The van der Waals surface area contributed by atoms with Gasteiger partial charge in [0, 0.05) is 0 Å². The van der Waals surface area contributed by atoms with Gasteiger partial charge in [-0.3, -0.25) is 0 Å². The Balaban J connectivity index is 2.27. The molecule has 0 saturated carbocycles. The first-order valence-corrected chi connectivity index (χ1v) is 5.57. The molecule has 80 valence electrons. The number of aromatic nitrogens is 3. The van der Waals surface area contributed by atoms with E-state index in [1.807, 2.05) is 6.07 Å². The summed E-state index contributed by atoms with van der Waals surface area (Å²) in [6.07, 6.45) is 1.59. The predicted molar refractivity (Wildman–Crippen MR) is 62.3 cm³/mol. The number of furan rings is 1. The number of nitrogens with zero attached hydrogens (tertiary/aromatic N) is 3. The van der Waals surface area contributed by atoms with E-state index in [1.54, 1.807) is 12.3 Å². The van der Waals surface area contributed by atoms with Crippen molar-refractivity contribution in [2.24, 2.45) is 0 Å². The number of thiazole rings is 1. The first kappa shape index (κ1) is 9.56. The second kappa shape index (κ2) is 3.43. The molecular formula is C9H5ClN4OS. The van der Waals surface area contributed by atoms with Gasteiger partial charge in [0.2, 0.25) is 5.28 Å². The molecule has 0 aromatic carbocycles. The van der Waals surface area contributed by atoms with Crippen molar-refractivity contribution in [3.05, 3.63) is 23.7 Å². The molecular weight excluding hydrogens is 248 g/mol. The summed E-state index contributed by atoms with van der Waals surface area (Å²) in [5.41, 5.74) is 6.26. The van der Waals surface area contributed by atoms with Gasteiger partial charge in [-0.15, -0.1) is 0 Å². The average Bonchev–Trinajstić information content (AvgIpc) is 2.82. The Labute approximate surface area is 98.9 Å². The van der Waals surface area contributed by atoms with E-state index in [9.17, 15) is 0 Å². The summed E-state index contributed by atoms with van der Waals surface area (Å²) in [5, 5.41) is 0.836. The van der Waals surface area contributed by atoms with Crippen LogP contribution in [0, 0.1) is 0 Å². The fourth-order valence-corrected chi connectivity index (χ4v) is 2.46. The Morgan fingerprint density at radius 2 is 2.19 bits per heavy atom. The third-order valence-corrected chi connectivity index (χ3v) is 3.12. The first-order chi connectivity index (χ1) is 7.74. The van der Waals surface area contributed by atoms with Gasteiger partial charge >= 0.3 is 0 Å². The van der Waals surface area contributed by atoms with E-state index in [0.717, 1.165) is 0 Å². The minimum absolute atomic E-state index is 0.125. The average molecular weight is 253 g/mol. The van der Waals surface area contributed by atoms with E-state index in [1.165, 1.54) is 11.3 Å². The summed E-state index contributed by atoms with van der Waals surface area (Å²) < 4.78 is 5.25. The van der Waals surface area contributed by atoms with Crippen LogP contribution in [-0.4, -0.2) is 15.0 Å². The summed E-state index contributed by atoms with van der Waals surface area (Å²) in [5.74, 6) is 0.961. The number of nitrogens with two attached hydrogens (primary N) is 1. The third kappa shape index (κ3) is 1.43. The molecule has 0 bridgehead atoms. The number of nitrogen functional groups attached to an aromatic ring is 1. The molecule has 0 aliphatic carbocycles. The molecule has 3 heterocycles. The van der Waals surface area contributed by atoms with Crippen LogP contribution in [-0.2, 0) is 0 Å². The van der Waals surface area contributed by atoms with E-state index in [-0.39, 0.29) is 11.1 Å². The molecule has 0 unspecified atom stereocenters. The molecule has 0 spiro atoms. The Morgan fingerprint density at radius 3 is 2.94 bits per heavy atom. The lowest BCUT2D eigenvalue weighted by Crippen LogP contribution is -1.93. The fraction of sp³-hybridized carbons (Fsp3) is 0. The monoisotopic (exact) mass is 252 g/mol. The summed E-state index contributed by atoms with van der Waals surface area (Å²) in [6.45, 7) is 0. The van der Waals surface area contributed by atoms with Crippen LogP contribution in [0.4, 0.5) is 5.82 Å². The van der Waals surface area contributed by atoms with Crippen molar-refractivity contribution < 1.29 is 4.42 Å². The lowest BCUT2D eigenvalue weighted by Gasteiger charge is -1.92. The van der Waals surface area contributed by atoms with Crippen LogP contribution in [0.5, 0.6) is 0 Å². The minimum Gasteiger partial charge on any atom is -0.462 e. The molecule has 0 aliphatic heterocycles. The van der Waals surface area contributed by atoms with Crippen molar-refractivity contribution in [3.8, 4) is 10.8 Å². The molecule has 0 aliphatic rings. The molecule has 0 fully saturated rings. The van der Waals surface area contributed by atoms with Gasteiger partial charge in [-0.25, -0.2) is 9.97 Å². The normalized spacial score (nSPS) is 11.1. The number of rotatable bonds is 1. The highest BCUT2D eigenvalue weighted by atomic mass is 35.5. The van der Waals surface area contributed by atoms with Crippen molar-refractivity contribution >= 4 is 39.1 Å². The van der Waals surface area contributed by atoms with Gasteiger partial charge in [0.25, 0.3) is 0 Å². The van der Waals surface area contributed by atoms with Crippen molar-refractivity contribution in [1.82, 2.24) is 15.0 Å². The van der Waals surface area contributed by atoms with Crippen LogP contribution >= 0.6 is 22.9 Å². The van der Waals surface area contributed by atoms with Gasteiger partial charge in [0.1, 0.15) is 5.52 Å². The van der Waals surface area contributed by atoms with Crippen LogP contribution < -0.4 is 5.73 Å². The fourth-order valence-electron chi connectivity index (χ4n) is 1.32. The molecule has 0 amide bonds. The molecule has 7 heteroatoms. The Kier molecular flexibility index (Phi) is 2.05. The Morgan fingerprint density at radius 1 is 1.31 bits per heavy atom. The maximum absolute atomic E-state index is 5.71. The van der Waals surface area contributed by atoms with Gasteiger partial charge in [-0.2, -0.15) is 4.98 Å². The van der Waals surface area contributed by atoms with E-state index in [4.69, 9.17) is 21.8 Å². The highest BCUT2D eigenvalue weighted by Gasteiger charge is 2.13. The van der Waals surface area contributed by atoms with Crippen LogP contribution in [0.1, 0.15) is 0 Å². The van der Waals surface area contributed by atoms with Crippen molar-refractivity contribution in [3.63, 3.8) is 0 Å². The van der Waals surface area contributed by atoms with Crippen molar-refractivity contribution in [1.29, 1.82) is 0 Å².